The molecule has 0 spiro atoms. The summed E-state index contributed by atoms with van der Waals surface area (Å²) in [5.41, 5.74) is 0. The van der Waals surface area contributed by atoms with Crippen LogP contribution in [0.15, 0.2) is 0 Å². The van der Waals surface area contributed by atoms with E-state index in [0.29, 0.717) is 36.9 Å². The van der Waals surface area contributed by atoms with Crippen molar-refractivity contribution in [3.8, 4) is 0 Å². The highest BCUT2D eigenvalue weighted by Gasteiger charge is 2.34. The Morgan fingerprint density at radius 3 is 2.55 bits per heavy atom. The van der Waals surface area contributed by atoms with E-state index in [0.717, 1.165) is 25.9 Å². The predicted octanol–water partition coefficient (Wildman–Crippen LogP) is 2.22. The molecule has 4 unspecified atom stereocenters. The molecule has 1 aliphatic rings. The van der Waals surface area contributed by atoms with Gasteiger partial charge in [-0.2, -0.15) is 0 Å². The summed E-state index contributed by atoms with van der Waals surface area (Å²) in [4.78, 5) is 14.7. The monoisotopic (exact) mass is 285 g/mol. The minimum Gasteiger partial charge on any atom is -0.383 e. The molecule has 4 heteroatoms. The summed E-state index contributed by atoms with van der Waals surface area (Å²) >= 11 is 0. The van der Waals surface area contributed by atoms with Crippen LogP contribution in [-0.4, -0.2) is 57.2 Å². The van der Waals surface area contributed by atoms with Crippen molar-refractivity contribution in [2.75, 3.05) is 40.5 Å². The van der Waals surface area contributed by atoms with Crippen molar-refractivity contribution in [3.05, 3.63) is 0 Å². The summed E-state index contributed by atoms with van der Waals surface area (Å²) in [5.74, 6) is 1.62. The molecule has 0 bridgehead atoms. The summed E-state index contributed by atoms with van der Waals surface area (Å²) in [5, 5.41) is 0. The summed E-state index contributed by atoms with van der Waals surface area (Å²) in [6, 6.07) is 0.314. The van der Waals surface area contributed by atoms with Gasteiger partial charge in [-0.15, -0.1) is 0 Å². The zero-order valence-corrected chi connectivity index (χ0v) is 13.7. The highest BCUT2D eigenvalue weighted by atomic mass is 16.5. The first-order valence-corrected chi connectivity index (χ1v) is 7.74. The maximum atomic E-state index is 12.3. The molecule has 0 saturated heterocycles. The van der Waals surface area contributed by atoms with Gasteiger partial charge in [0.1, 0.15) is 5.78 Å². The van der Waals surface area contributed by atoms with Gasteiger partial charge in [0.05, 0.1) is 13.2 Å². The Morgan fingerprint density at radius 2 is 2.00 bits per heavy atom. The van der Waals surface area contributed by atoms with Crippen LogP contribution in [0.4, 0.5) is 0 Å². The zero-order valence-electron chi connectivity index (χ0n) is 13.7. The molecule has 0 aromatic heterocycles. The Labute approximate surface area is 123 Å². The largest absolute Gasteiger partial charge is 0.383 e. The Kier molecular flexibility index (Phi) is 7.70. The van der Waals surface area contributed by atoms with Gasteiger partial charge in [0.2, 0.25) is 0 Å². The smallest absolute Gasteiger partial charge is 0.137 e. The molecule has 4 nitrogen and oxygen atoms in total. The summed E-state index contributed by atoms with van der Waals surface area (Å²) in [6.07, 6.45) is 1.90. The normalized spacial score (nSPS) is 28.9. The molecule has 0 amide bonds. The number of nitrogens with zero attached hydrogens (tertiary/aromatic N) is 1. The van der Waals surface area contributed by atoms with Gasteiger partial charge < -0.3 is 9.47 Å². The molecule has 20 heavy (non-hydrogen) atoms. The van der Waals surface area contributed by atoms with E-state index in [1.165, 1.54) is 0 Å². The minimum absolute atomic E-state index is 0.169. The Morgan fingerprint density at radius 1 is 1.30 bits per heavy atom. The zero-order chi connectivity index (χ0) is 15.1. The molecule has 0 radical (unpaired) electrons. The SMILES string of the molecule is COCCN(CC1C(=O)CC(C)CC1C)C(C)COC. The third-order valence-corrected chi connectivity index (χ3v) is 4.47. The average molecular weight is 285 g/mol. The number of Topliss-reactive ketones (excluding diaryl/α,β-unsaturated/α-hetero) is 1. The molecule has 1 rings (SSSR count). The summed E-state index contributed by atoms with van der Waals surface area (Å²) in [6.45, 7) is 9.62. The first kappa shape index (κ1) is 17.6. The van der Waals surface area contributed by atoms with Gasteiger partial charge in [0, 0.05) is 45.7 Å². The van der Waals surface area contributed by atoms with Gasteiger partial charge in [-0.05, 0) is 25.2 Å². The fraction of sp³-hybridized carbons (Fsp3) is 0.938. The number of methoxy groups -OCH3 is 2. The van der Waals surface area contributed by atoms with Crippen molar-refractivity contribution in [1.29, 1.82) is 0 Å². The van der Waals surface area contributed by atoms with Crippen molar-refractivity contribution in [3.63, 3.8) is 0 Å². The number of rotatable bonds is 8. The van der Waals surface area contributed by atoms with Gasteiger partial charge in [-0.3, -0.25) is 9.69 Å². The van der Waals surface area contributed by atoms with E-state index < -0.39 is 0 Å². The van der Waals surface area contributed by atoms with Crippen LogP contribution in [0.25, 0.3) is 0 Å². The maximum absolute atomic E-state index is 12.3. The van der Waals surface area contributed by atoms with E-state index >= 15 is 0 Å². The van der Waals surface area contributed by atoms with Crippen molar-refractivity contribution in [2.45, 2.75) is 39.7 Å². The quantitative estimate of drug-likeness (QED) is 0.685. The molecule has 0 aliphatic heterocycles. The van der Waals surface area contributed by atoms with E-state index in [9.17, 15) is 4.79 Å². The molecule has 0 heterocycles. The van der Waals surface area contributed by atoms with Crippen LogP contribution in [-0.2, 0) is 14.3 Å². The van der Waals surface area contributed by atoms with E-state index in [2.05, 4.69) is 25.7 Å². The highest BCUT2D eigenvalue weighted by molar-refractivity contribution is 5.82. The topological polar surface area (TPSA) is 38.8 Å². The molecule has 1 aliphatic carbocycles. The Bertz CT molecular complexity index is 295. The predicted molar refractivity (Wildman–Crippen MR) is 80.8 cm³/mol. The number of ketones is 1. The van der Waals surface area contributed by atoms with Crippen LogP contribution in [0.3, 0.4) is 0 Å². The third kappa shape index (κ3) is 5.15. The highest BCUT2D eigenvalue weighted by Crippen LogP contribution is 2.31. The average Bonchev–Trinajstić information content (AvgIpc) is 2.37. The van der Waals surface area contributed by atoms with E-state index in [1.54, 1.807) is 14.2 Å². The fourth-order valence-corrected chi connectivity index (χ4v) is 3.28. The second-order valence-corrected chi connectivity index (χ2v) is 6.39. The lowest BCUT2D eigenvalue weighted by Crippen LogP contribution is -2.46. The maximum Gasteiger partial charge on any atom is 0.137 e. The number of hydrogen-bond acceptors (Lipinski definition) is 4. The minimum atomic E-state index is 0.169. The molecule has 1 fully saturated rings. The van der Waals surface area contributed by atoms with Crippen LogP contribution < -0.4 is 0 Å². The van der Waals surface area contributed by atoms with E-state index in [-0.39, 0.29) is 5.92 Å². The summed E-state index contributed by atoms with van der Waals surface area (Å²) in [7, 11) is 3.44. The van der Waals surface area contributed by atoms with Gasteiger partial charge in [-0.1, -0.05) is 13.8 Å². The standard InChI is InChI=1S/C16H31NO3/c1-12-8-13(2)15(16(18)9-12)10-17(6-7-19-4)14(3)11-20-5/h12-15H,6-11H2,1-5H3. The molecule has 4 atom stereocenters. The first-order valence-electron chi connectivity index (χ1n) is 7.74. The van der Waals surface area contributed by atoms with Crippen LogP contribution in [0.1, 0.15) is 33.6 Å². The second-order valence-electron chi connectivity index (χ2n) is 6.39. The molecule has 118 valence electrons. The number of ether oxygens (including phenoxy) is 2. The van der Waals surface area contributed by atoms with Gasteiger partial charge in [0.25, 0.3) is 0 Å². The van der Waals surface area contributed by atoms with Gasteiger partial charge in [-0.25, -0.2) is 0 Å². The lowest BCUT2D eigenvalue weighted by molar-refractivity contribution is -0.129. The first-order chi connectivity index (χ1) is 9.49. The number of carbonyl (C=O) groups is 1. The molecular weight excluding hydrogens is 254 g/mol. The van der Waals surface area contributed by atoms with Crippen molar-refractivity contribution >= 4 is 5.78 Å². The van der Waals surface area contributed by atoms with Crippen molar-refractivity contribution in [1.82, 2.24) is 4.90 Å². The van der Waals surface area contributed by atoms with Crippen LogP contribution >= 0.6 is 0 Å². The summed E-state index contributed by atoms with van der Waals surface area (Å²) < 4.78 is 10.5. The lowest BCUT2D eigenvalue weighted by Gasteiger charge is -2.37. The van der Waals surface area contributed by atoms with Gasteiger partial charge >= 0.3 is 0 Å². The number of carbonyl (C=O) groups excluding carboxylic acids is 1. The van der Waals surface area contributed by atoms with Gasteiger partial charge in [0.15, 0.2) is 0 Å². The van der Waals surface area contributed by atoms with Crippen molar-refractivity contribution in [2.24, 2.45) is 17.8 Å². The Hall–Kier alpha value is -0.450. The molecule has 1 saturated carbocycles. The third-order valence-electron chi connectivity index (χ3n) is 4.47. The molecule has 0 aromatic rings. The second kappa shape index (κ2) is 8.75. The van der Waals surface area contributed by atoms with E-state index in [1.807, 2.05) is 0 Å². The lowest BCUT2D eigenvalue weighted by atomic mass is 9.74. The van der Waals surface area contributed by atoms with Crippen LogP contribution in [0, 0.1) is 17.8 Å². The van der Waals surface area contributed by atoms with Crippen LogP contribution in [0.2, 0.25) is 0 Å². The van der Waals surface area contributed by atoms with E-state index in [4.69, 9.17) is 9.47 Å². The molecule has 0 aromatic carbocycles. The van der Waals surface area contributed by atoms with Crippen LogP contribution in [0.5, 0.6) is 0 Å². The molecule has 0 N–H and O–H groups in total. The van der Waals surface area contributed by atoms with Crippen molar-refractivity contribution < 1.29 is 14.3 Å². The number of hydrogen-bond donors (Lipinski definition) is 0. The molecular formula is C16H31NO3. The fourth-order valence-electron chi connectivity index (χ4n) is 3.28. The Balaban J connectivity index is 2.64.